The number of hydrogen-bond acceptors (Lipinski definition) is 1. The predicted octanol–water partition coefficient (Wildman–Crippen LogP) is -5.70. The van der Waals surface area contributed by atoms with Gasteiger partial charge in [0.05, 0.1) is 0 Å². The molecule has 0 aromatic rings. The molecule has 0 bridgehead atoms. The third-order valence-electron chi connectivity index (χ3n) is 0. The van der Waals surface area contributed by atoms with Gasteiger partial charge in [0.25, 0.3) is 0 Å². The van der Waals surface area contributed by atoms with Crippen molar-refractivity contribution < 1.29 is 46.6 Å². The second-order valence-corrected chi connectivity index (χ2v) is 1.54. The van der Waals surface area contributed by atoms with E-state index in [0.717, 1.165) is 0 Å². The topological polar surface area (TPSA) is 235 Å². The molecule has 0 aliphatic carbocycles. The van der Waals surface area contributed by atoms with Crippen LogP contribution in [-0.2, 0) is 4.57 Å². The Morgan fingerprint density at radius 2 is 0.727 bits per heavy atom. The summed E-state index contributed by atoms with van der Waals surface area (Å²) in [6, 6.07) is 0. The van der Waals surface area contributed by atoms with Gasteiger partial charge in [0.15, 0.2) is 0 Å². The van der Waals surface area contributed by atoms with Crippen molar-refractivity contribution in [2.45, 2.75) is 0 Å². The molecule has 0 aliphatic heterocycles. The Morgan fingerprint density at radius 3 is 0.727 bits per heavy atom. The van der Waals surface area contributed by atoms with Crippen LogP contribution >= 0.6 is 7.82 Å². The molecular weight excluding hydrogens is 198 g/mol. The molecule has 0 heterocycles. The van der Waals surface area contributed by atoms with Gasteiger partial charge in [-0.2, -0.15) is 0 Å². The van der Waals surface area contributed by atoms with Gasteiger partial charge in [-0.25, -0.2) is 4.57 Å². The molecule has 0 aromatic heterocycles. The van der Waals surface area contributed by atoms with E-state index in [-0.39, 0.29) is 56.9 Å². The Bertz CT molecular complexity index is 55.7. The van der Waals surface area contributed by atoms with Crippen molar-refractivity contribution in [1.82, 2.24) is 0 Å². The molecule has 74 valence electrons. The summed E-state index contributed by atoms with van der Waals surface area (Å²) in [4.78, 5) is 21.6. The molecule has 0 amide bonds. The summed E-state index contributed by atoms with van der Waals surface area (Å²) in [5.41, 5.74) is 0. The van der Waals surface area contributed by atoms with Crippen molar-refractivity contribution in [3.8, 4) is 0 Å². The molecule has 0 saturated heterocycles. The quantitative estimate of drug-likeness (QED) is 0.262. The molecule has 0 spiro atoms. The molecule has 0 atom stereocenters. The van der Waals surface area contributed by atoms with Gasteiger partial charge in [-0.1, -0.05) is 0 Å². The van der Waals surface area contributed by atoms with Gasteiger partial charge in [-0.15, -0.1) is 0 Å². The SMILES string of the molecule is O.O.O.O.O.O=P(O)(O)O.[NaH]. The maximum atomic E-state index is 8.88. The van der Waals surface area contributed by atoms with E-state index in [0.29, 0.717) is 0 Å². The second-order valence-electron chi connectivity index (χ2n) is 0.513. The number of rotatable bonds is 0. The second kappa shape index (κ2) is 22.4. The molecule has 0 fully saturated rings. The molecule has 11 heavy (non-hydrogen) atoms. The van der Waals surface area contributed by atoms with Crippen molar-refractivity contribution in [2.75, 3.05) is 0 Å². The maximum absolute atomic E-state index is 8.88. The first-order valence-electron chi connectivity index (χ1n) is 0.783. The fourth-order valence-electron chi connectivity index (χ4n) is 0. The summed E-state index contributed by atoms with van der Waals surface area (Å²) in [6.07, 6.45) is 0. The van der Waals surface area contributed by atoms with E-state index in [1.54, 1.807) is 0 Å². The molecule has 0 aromatic carbocycles. The zero-order valence-corrected chi connectivity index (χ0v) is 5.59. The van der Waals surface area contributed by atoms with Gasteiger partial charge < -0.3 is 42.1 Å². The van der Waals surface area contributed by atoms with Crippen molar-refractivity contribution in [2.24, 2.45) is 0 Å². The molecule has 13 N–H and O–H groups in total. The van der Waals surface area contributed by atoms with Crippen LogP contribution in [0, 0.1) is 0 Å². The summed E-state index contributed by atoms with van der Waals surface area (Å²) in [6.45, 7) is 0. The number of hydrogen-bond donors (Lipinski definition) is 3. The third-order valence-corrected chi connectivity index (χ3v) is 0. The Labute approximate surface area is 84.1 Å². The van der Waals surface area contributed by atoms with Crippen LogP contribution in [0.2, 0.25) is 0 Å². The van der Waals surface area contributed by atoms with Crippen LogP contribution in [0.5, 0.6) is 0 Å². The predicted molar refractivity (Wildman–Crippen MR) is 39.5 cm³/mol. The average molecular weight is 212 g/mol. The van der Waals surface area contributed by atoms with Gasteiger partial charge in [0, 0.05) is 0 Å². The van der Waals surface area contributed by atoms with Crippen LogP contribution in [0.4, 0.5) is 0 Å². The molecule has 0 unspecified atom stereocenters. The van der Waals surface area contributed by atoms with E-state index in [1.165, 1.54) is 0 Å². The molecule has 11 heteroatoms. The van der Waals surface area contributed by atoms with Crippen molar-refractivity contribution >= 4 is 37.4 Å². The zero-order valence-electron chi connectivity index (χ0n) is 4.70. The van der Waals surface area contributed by atoms with Crippen LogP contribution in [0.1, 0.15) is 0 Å². The average Bonchev–Trinajstić information content (AvgIpc) is 0.722. The van der Waals surface area contributed by atoms with E-state index >= 15 is 0 Å². The van der Waals surface area contributed by atoms with Crippen LogP contribution < -0.4 is 0 Å². The summed E-state index contributed by atoms with van der Waals surface area (Å²) >= 11 is 0. The summed E-state index contributed by atoms with van der Waals surface area (Å²) in [5.74, 6) is 0. The van der Waals surface area contributed by atoms with Crippen molar-refractivity contribution in [1.29, 1.82) is 0 Å². The summed E-state index contributed by atoms with van der Waals surface area (Å²) in [5, 5.41) is 0. The fraction of sp³-hybridized carbons (Fsp3) is 0. The first-order chi connectivity index (χ1) is 2.00. The first kappa shape index (κ1) is 58.8. The van der Waals surface area contributed by atoms with E-state index < -0.39 is 7.82 Å². The van der Waals surface area contributed by atoms with Crippen molar-refractivity contribution in [3.63, 3.8) is 0 Å². The standard InChI is InChI=1S/Na.H3O4P.5H2O.H/c;1-5(2,3)4;;;;;;/h;(H3,1,2,3,4);5*1H2;. The molecule has 0 aliphatic rings. The fourth-order valence-corrected chi connectivity index (χ4v) is 0. The van der Waals surface area contributed by atoms with Crippen LogP contribution in [0.25, 0.3) is 0 Å². The Balaban J connectivity index is -0.00000000533. The van der Waals surface area contributed by atoms with Crippen LogP contribution in [-0.4, -0.2) is 71.6 Å². The zero-order chi connectivity index (χ0) is 4.50. The van der Waals surface area contributed by atoms with Crippen molar-refractivity contribution in [3.05, 3.63) is 0 Å². The van der Waals surface area contributed by atoms with Gasteiger partial charge in [-0.3, -0.25) is 0 Å². The van der Waals surface area contributed by atoms with Crippen LogP contribution in [0.15, 0.2) is 0 Å². The first-order valence-corrected chi connectivity index (χ1v) is 2.35. The van der Waals surface area contributed by atoms with E-state index in [1.807, 2.05) is 0 Å². The van der Waals surface area contributed by atoms with E-state index in [9.17, 15) is 0 Å². The van der Waals surface area contributed by atoms with Gasteiger partial charge in [0.2, 0.25) is 0 Å². The Morgan fingerprint density at radius 1 is 0.727 bits per heavy atom. The van der Waals surface area contributed by atoms with Gasteiger partial charge in [0.1, 0.15) is 0 Å². The van der Waals surface area contributed by atoms with Gasteiger partial charge in [-0.05, 0) is 0 Å². The van der Waals surface area contributed by atoms with E-state index in [4.69, 9.17) is 19.2 Å². The monoisotopic (exact) mass is 212 g/mol. The molecular formula is H14NaO9P. The molecule has 9 nitrogen and oxygen atoms in total. The Hall–Kier alpha value is 0.910. The number of phosphoric acid groups is 1. The summed E-state index contributed by atoms with van der Waals surface area (Å²) in [7, 11) is -4.64. The Kier molecular flexibility index (Phi) is 120. The van der Waals surface area contributed by atoms with E-state index in [2.05, 4.69) is 0 Å². The molecule has 0 saturated carbocycles. The molecule has 0 rings (SSSR count). The van der Waals surface area contributed by atoms with Crippen LogP contribution in [0.3, 0.4) is 0 Å². The molecule has 0 radical (unpaired) electrons. The summed E-state index contributed by atoms with van der Waals surface area (Å²) < 4.78 is 8.88. The third kappa shape index (κ3) is 1050. The normalized spacial score (nSPS) is 5.36. The minimum absolute atomic E-state index is 0. The minimum atomic E-state index is -4.64. The van der Waals surface area contributed by atoms with Gasteiger partial charge >= 0.3 is 37.4 Å².